The first kappa shape index (κ1) is 13.0. The highest BCUT2D eigenvalue weighted by Crippen LogP contribution is 2.40. The summed E-state index contributed by atoms with van der Waals surface area (Å²) in [6.45, 7) is 2.16. The summed E-state index contributed by atoms with van der Waals surface area (Å²) in [6, 6.07) is -0.518. The van der Waals surface area contributed by atoms with E-state index in [0.29, 0.717) is 19.3 Å². The fourth-order valence-corrected chi connectivity index (χ4v) is 1.90. The molecule has 0 aromatic heterocycles. The number of amides is 1. The Labute approximate surface area is 95.4 Å². The molecule has 4 N–H and O–H groups in total. The average Bonchev–Trinajstić information content (AvgIpc) is 2.15. The topological polar surface area (TPSA) is 92.4 Å². The summed E-state index contributed by atoms with van der Waals surface area (Å²) >= 11 is 0. The van der Waals surface area contributed by atoms with E-state index in [1.807, 2.05) is 6.92 Å². The lowest BCUT2D eigenvalue weighted by Gasteiger charge is -2.37. The summed E-state index contributed by atoms with van der Waals surface area (Å²) < 4.78 is 0. The number of carbonyl (C=O) groups is 2. The van der Waals surface area contributed by atoms with E-state index in [0.717, 1.165) is 12.8 Å². The maximum absolute atomic E-state index is 11.5. The minimum Gasteiger partial charge on any atom is -0.481 e. The summed E-state index contributed by atoms with van der Waals surface area (Å²) in [5.74, 6) is -1.06. The van der Waals surface area contributed by atoms with Gasteiger partial charge in [0.15, 0.2) is 0 Å². The molecule has 92 valence electrons. The Hall–Kier alpha value is -1.10. The molecule has 0 bridgehead atoms. The molecule has 1 rings (SSSR count). The van der Waals surface area contributed by atoms with Crippen molar-refractivity contribution in [2.24, 2.45) is 11.1 Å². The smallest absolute Gasteiger partial charge is 0.311 e. The van der Waals surface area contributed by atoms with Gasteiger partial charge >= 0.3 is 5.97 Å². The molecule has 0 unspecified atom stereocenters. The van der Waals surface area contributed by atoms with Gasteiger partial charge < -0.3 is 16.2 Å². The van der Waals surface area contributed by atoms with Crippen molar-refractivity contribution in [3.63, 3.8) is 0 Å². The molecule has 5 nitrogen and oxygen atoms in total. The van der Waals surface area contributed by atoms with E-state index in [1.165, 1.54) is 0 Å². The predicted octanol–water partition coefficient (Wildman–Crippen LogP) is 0.485. The van der Waals surface area contributed by atoms with Gasteiger partial charge in [-0.1, -0.05) is 19.8 Å². The number of hydrogen-bond acceptors (Lipinski definition) is 3. The van der Waals surface area contributed by atoms with Crippen molar-refractivity contribution in [1.82, 2.24) is 5.32 Å². The van der Waals surface area contributed by atoms with Crippen LogP contribution in [0.1, 0.15) is 39.0 Å². The predicted molar refractivity (Wildman–Crippen MR) is 59.8 cm³/mol. The summed E-state index contributed by atoms with van der Waals surface area (Å²) in [5.41, 5.74) is 4.90. The molecule has 1 aliphatic carbocycles. The van der Waals surface area contributed by atoms with Crippen LogP contribution in [0.4, 0.5) is 0 Å². The second-order valence-corrected chi connectivity index (χ2v) is 4.55. The number of nitrogens with one attached hydrogen (secondary N) is 1. The monoisotopic (exact) mass is 228 g/mol. The molecule has 1 fully saturated rings. The molecule has 0 radical (unpaired) electrons. The molecule has 0 aliphatic heterocycles. The third-order valence-corrected chi connectivity index (χ3v) is 3.30. The van der Waals surface area contributed by atoms with Crippen LogP contribution in [0, 0.1) is 5.41 Å². The molecule has 1 aliphatic rings. The van der Waals surface area contributed by atoms with Crippen LogP contribution < -0.4 is 11.1 Å². The lowest BCUT2D eigenvalue weighted by molar-refractivity contribution is -0.154. The maximum atomic E-state index is 11.5. The van der Waals surface area contributed by atoms with E-state index < -0.39 is 17.4 Å². The maximum Gasteiger partial charge on any atom is 0.311 e. The Morgan fingerprint density at radius 1 is 1.50 bits per heavy atom. The van der Waals surface area contributed by atoms with Crippen LogP contribution in [0.25, 0.3) is 0 Å². The van der Waals surface area contributed by atoms with Gasteiger partial charge in [-0.2, -0.15) is 0 Å². The van der Waals surface area contributed by atoms with Crippen molar-refractivity contribution in [2.75, 3.05) is 6.54 Å². The second kappa shape index (κ2) is 5.30. The highest BCUT2D eigenvalue weighted by Gasteiger charge is 2.44. The number of carboxylic acid groups (broad SMARTS) is 1. The van der Waals surface area contributed by atoms with E-state index in [4.69, 9.17) is 10.8 Å². The average molecular weight is 228 g/mol. The van der Waals surface area contributed by atoms with Gasteiger partial charge in [0.05, 0.1) is 11.5 Å². The summed E-state index contributed by atoms with van der Waals surface area (Å²) in [4.78, 5) is 22.5. The van der Waals surface area contributed by atoms with E-state index in [9.17, 15) is 9.59 Å². The Balaban J connectivity index is 2.38. The Morgan fingerprint density at radius 2 is 2.12 bits per heavy atom. The molecule has 0 saturated heterocycles. The standard InChI is InChI=1S/C11H20N2O3/c1-2-4-8(12)9(14)13-7-11(10(15)16)5-3-6-11/h8H,2-7,12H2,1H3,(H,13,14)(H,15,16)/t8-/m0/s1. The largest absolute Gasteiger partial charge is 0.481 e. The van der Waals surface area contributed by atoms with Gasteiger partial charge in [-0.3, -0.25) is 9.59 Å². The minimum atomic E-state index is -0.817. The van der Waals surface area contributed by atoms with Gasteiger partial charge in [0.1, 0.15) is 0 Å². The molecule has 0 aromatic carbocycles. The number of rotatable bonds is 6. The van der Waals surface area contributed by atoms with Gasteiger partial charge in [0.25, 0.3) is 0 Å². The normalized spacial score (nSPS) is 19.6. The Kier molecular flexibility index (Phi) is 4.29. The third-order valence-electron chi connectivity index (χ3n) is 3.30. The molecule has 5 heteroatoms. The highest BCUT2D eigenvalue weighted by molar-refractivity contribution is 5.83. The first-order valence-electron chi connectivity index (χ1n) is 5.78. The summed E-state index contributed by atoms with van der Waals surface area (Å²) in [6.07, 6.45) is 3.69. The number of nitrogens with two attached hydrogens (primary N) is 1. The van der Waals surface area contributed by atoms with Gasteiger partial charge in [-0.15, -0.1) is 0 Å². The van der Waals surface area contributed by atoms with Crippen LogP contribution in [0.15, 0.2) is 0 Å². The fourth-order valence-electron chi connectivity index (χ4n) is 1.90. The van der Waals surface area contributed by atoms with Crippen molar-refractivity contribution in [1.29, 1.82) is 0 Å². The molecule has 1 amide bonds. The summed E-state index contributed by atoms with van der Waals surface area (Å²) in [7, 11) is 0. The van der Waals surface area contributed by atoms with Crippen molar-refractivity contribution in [3.05, 3.63) is 0 Å². The number of carbonyl (C=O) groups excluding carboxylic acids is 1. The van der Waals surface area contributed by atoms with Crippen LogP contribution in [0.2, 0.25) is 0 Å². The van der Waals surface area contributed by atoms with Crippen LogP contribution in [0.3, 0.4) is 0 Å². The van der Waals surface area contributed by atoms with Crippen LogP contribution in [-0.4, -0.2) is 29.6 Å². The molecular weight excluding hydrogens is 208 g/mol. The fraction of sp³-hybridized carbons (Fsp3) is 0.818. The first-order valence-corrected chi connectivity index (χ1v) is 5.78. The SMILES string of the molecule is CCC[C@H](N)C(=O)NCC1(C(=O)O)CCC1. The number of carboxylic acids is 1. The zero-order valence-electron chi connectivity index (χ0n) is 9.66. The van der Waals surface area contributed by atoms with Gasteiger partial charge in [-0.05, 0) is 19.3 Å². The molecular formula is C11H20N2O3. The van der Waals surface area contributed by atoms with Crippen molar-refractivity contribution in [2.45, 2.75) is 45.1 Å². The van der Waals surface area contributed by atoms with Gasteiger partial charge in [0.2, 0.25) is 5.91 Å². The van der Waals surface area contributed by atoms with Crippen LogP contribution >= 0.6 is 0 Å². The molecule has 1 atom stereocenters. The lowest BCUT2D eigenvalue weighted by atomic mass is 9.69. The minimum absolute atomic E-state index is 0.207. The molecule has 0 aromatic rings. The van der Waals surface area contributed by atoms with E-state index >= 15 is 0 Å². The van der Waals surface area contributed by atoms with Crippen molar-refractivity contribution < 1.29 is 14.7 Å². The first-order chi connectivity index (χ1) is 7.52. The molecule has 0 heterocycles. The van der Waals surface area contributed by atoms with E-state index in [1.54, 1.807) is 0 Å². The van der Waals surface area contributed by atoms with E-state index in [-0.39, 0.29) is 12.5 Å². The van der Waals surface area contributed by atoms with Gasteiger partial charge in [0, 0.05) is 6.54 Å². The Bertz CT molecular complexity index is 274. The zero-order valence-corrected chi connectivity index (χ0v) is 9.66. The van der Waals surface area contributed by atoms with Gasteiger partial charge in [-0.25, -0.2) is 0 Å². The molecule has 1 saturated carbocycles. The summed E-state index contributed by atoms with van der Waals surface area (Å²) in [5, 5.41) is 11.7. The number of aliphatic carboxylic acids is 1. The number of hydrogen-bond donors (Lipinski definition) is 3. The third kappa shape index (κ3) is 2.72. The molecule has 16 heavy (non-hydrogen) atoms. The molecule has 0 spiro atoms. The Morgan fingerprint density at radius 3 is 2.50 bits per heavy atom. The quantitative estimate of drug-likeness (QED) is 0.616. The van der Waals surface area contributed by atoms with Crippen LogP contribution in [-0.2, 0) is 9.59 Å². The highest BCUT2D eigenvalue weighted by atomic mass is 16.4. The van der Waals surface area contributed by atoms with E-state index in [2.05, 4.69) is 5.32 Å². The van der Waals surface area contributed by atoms with Crippen molar-refractivity contribution in [3.8, 4) is 0 Å². The zero-order chi connectivity index (χ0) is 12.2. The van der Waals surface area contributed by atoms with Crippen molar-refractivity contribution >= 4 is 11.9 Å². The van der Waals surface area contributed by atoms with Crippen LogP contribution in [0.5, 0.6) is 0 Å². The second-order valence-electron chi connectivity index (χ2n) is 4.55. The lowest BCUT2D eigenvalue weighted by Crippen LogP contribution is -2.50.